The quantitative estimate of drug-likeness (QED) is 0.267. The van der Waals surface area contributed by atoms with Gasteiger partial charge in [-0.3, -0.25) is 11.3 Å². The predicted octanol–water partition coefficient (Wildman–Crippen LogP) is 4.17. The SMILES string of the molecule is CCCCCCCCCCC(CCCOCC)NN. The topological polar surface area (TPSA) is 47.3 Å². The molecule has 0 heterocycles. The van der Waals surface area contributed by atoms with Crippen molar-refractivity contribution in [2.45, 2.75) is 90.5 Å². The Balaban J connectivity index is 3.26. The standard InChI is InChI=1S/C16H36N2O/c1-3-5-6-7-8-9-10-11-13-16(18-17)14-12-15-19-4-2/h16,18H,3-15,17H2,1-2H3. The highest BCUT2D eigenvalue weighted by atomic mass is 16.5. The molecule has 0 aliphatic heterocycles. The first-order chi connectivity index (χ1) is 9.35. The van der Waals surface area contributed by atoms with E-state index in [4.69, 9.17) is 10.6 Å². The van der Waals surface area contributed by atoms with E-state index in [1.807, 2.05) is 6.92 Å². The van der Waals surface area contributed by atoms with Gasteiger partial charge in [-0.05, 0) is 26.2 Å². The highest BCUT2D eigenvalue weighted by Gasteiger charge is 2.05. The summed E-state index contributed by atoms with van der Waals surface area (Å²) in [7, 11) is 0. The molecule has 1 unspecified atom stereocenters. The minimum Gasteiger partial charge on any atom is -0.382 e. The van der Waals surface area contributed by atoms with Crippen LogP contribution < -0.4 is 11.3 Å². The summed E-state index contributed by atoms with van der Waals surface area (Å²) < 4.78 is 5.35. The number of rotatable bonds is 15. The maximum atomic E-state index is 5.59. The number of nitrogens with two attached hydrogens (primary N) is 1. The lowest BCUT2D eigenvalue weighted by atomic mass is 10.0. The van der Waals surface area contributed by atoms with Crippen LogP contribution in [0.1, 0.15) is 84.5 Å². The summed E-state index contributed by atoms with van der Waals surface area (Å²) in [5.74, 6) is 5.59. The van der Waals surface area contributed by atoms with E-state index in [2.05, 4.69) is 12.3 Å². The third-order valence-corrected chi connectivity index (χ3v) is 3.69. The normalized spacial score (nSPS) is 12.8. The van der Waals surface area contributed by atoms with Gasteiger partial charge in [0.25, 0.3) is 0 Å². The molecule has 3 N–H and O–H groups in total. The van der Waals surface area contributed by atoms with E-state index in [1.54, 1.807) is 0 Å². The molecule has 3 heteroatoms. The average molecular weight is 272 g/mol. The molecular weight excluding hydrogens is 236 g/mol. The van der Waals surface area contributed by atoms with Crippen LogP contribution in [0.4, 0.5) is 0 Å². The molecule has 116 valence electrons. The summed E-state index contributed by atoms with van der Waals surface area (Å²) in [5.41, 5.74) is 2.94. The fourth-order valence-electron chi connectivity index (χ4n) is 2.41. The van der Waals surface area contributed by atoms with Gasteiger partial charge in [-0.1, -0.05) is 58.3 Å². The molecule has 0 aliphatic rings. The van der Waals surface area contributed by atoms with Crippen LogP contribution in [0, 0.1) is 0 Å². The van der Waals surface area contributed by atoms with Crippen LogP contribution in [0.25, 0.3) is 0 Å². The van der Waals surface area contributed by atoms with Crippen molar-refractivity contribution < 1.29 is 4.74 Å². The maximum absolute atomic E-state index is 5.59. The second-order valence-electron chi connectivity index (χ2n) is 5.47. The minimum atomic E-state index is 0.473. The van der Waals surface area contributed by atoms with Crippen LogP contribution >= 0.6 is 0 Å². The summed E-state index contributed by atoms with van der Waals surface area (Å²) in [5, 5.41) is 0. The molecule has 19 heavy (non-hydrogen) atoms. The van der Waals surface area contributed by atoms with Crippen LogP contribution in [0.15, 0.2) is 0 Å². The average Bonchev–Trinajstić information content (AvgIpc) is 2.44. The molecule has 0 amide bonds. The molecule has 0 aliphatic carbocycles. The molecular formula is C16H36N2O. The van der Waals surface area contributed by atoms with Gasteiger partial charge in [0.1, 0.15) is 0 Å². The van der Waals surface area contributed by atoms with Crippen LogP contribution in [0.2, 0.25) is 0 Å². The minimum absolute atomic E-state index is 0.473. The molecule has 0 saturated heterocycles. The second-order valence-corrected chi connectivity index (χ2v) is 5.47. The number of hydrogen-bond donors (Lipinski definition) is 2. The molecule has 0 rings (SSSR count). The Morgan fingerprint density at radius 2 is 1.42 bits per heavy atom. The van der Waals surface area contributed by atoms with Crippen molar-refractivity contribution in [2.24, 2.45) is 5.84 Å². The summed E-state index contributed by atoms with van der Waals surface area (Å²) in [6.07, 6.45) is 14.5. The van der Waals surface area contributed by atoms with Crippen molar-refractivity contribution in [1.82, 2.24) is 5.43 Å². The van der Waals surface area contributed by atoms with Crippen LogP contribution in [-0.2, 0) is 4.74 Å². The Bertz CT molecular complexity index is 165. The highest BCUT2D eigenvalue weighted by Crippen LogP contribution is 2.12. The Kier molecular flexibility index (Phi) is 15.8. The zero-order valence-electron chi connectivity index (χ0n) is 13.3. The lowest BCUT2D eigenvalue weighted by molar-refractivity contribution is 0.140. The van der Waals surface area contributed by atoms with Crippen LogP contribution in [0.3, 0.4) is 0 Å². The first-order valence-corrected chi connectivity index (χ1v) is 8.39. The molecule has 3 nitrogen and oxygen atoms in total. The van der Waals surface area contributed by atoms with Crippen LogP contribution in [0.5, 0.6) is 0 Å². The molecule has 0 fully saturated rings. The van der Waals surface area contributed by atoms with E-state index in [0.29, 0.717) is 6.04 Å². The smallest absolute Gasteiger partial charge is 0.0466 e. The van der Waals surface area contributed by atoms with Gasteiger partial charge in [0, 0.05) is 19.3 Å². The number of unbranched alkanes of at least 4 members (excludes halogenated alkanes) is 7. The first-order valence-electron chi connectivity index (χ1n) is 8.39. The van der Waals surface area contributed by atoms with Gasteiger partial charge >= 0.3 is 0 Å². The second kappa shape index (κ2) is 15.9. The van der Waals surface area contributed by atoms with E-state index in [9.17, 15) is 0 Å². The summed E-state index contributed by atoms with van der Waals surface area (Å²) >= 11 is 0. The summed E-state index contributed by atoms with van der Waals surface area (Å²) in [6, 6.07) is 0.473. The number of ether oxygens (including phenoxy) is 1. The van der Waals surface area contributed by atoms with Crippen molar-refractivity contribution in [2.75, 3.05) is 13.2 Å². The van der Waals surface area contributed by atoms with E-state index in [0.717, 1.165) is 26.1 Å². The van der Waals surface area contributed by atoms with Crippen molar-refractivity contribution in [3.63, 3.8) is 0 Å². The summed E-state index contributed by atoms with van der Waals surface area (Å²) in [6.45, 7) is 6.00. The molecule has 0 aromatic heterocycles. The molecule has 0 aromatic rings. The molecule has 0 saturated carbocycles. The van der Waals surface area contributed by atoms with E-state index in [1.165, 1.54) is 57.8 Å². The van der Waals surface area contributed by atoms with Gasteiger partial charge in [0.05, 0.1) is 0 Å². The molecule has 0 spiro atoms. The van der Waals surface area contributed by atoms with Crippen LogP contribution in [-0.4, -0.2) is 19.3 Å². The predicted molar refractivity (Wildman–Crippen MR) is 84.1 cm³/mol. The Hall–Kier alpha value is -0.120. The first kappa shape index (κ1) is 18.9. The fourth-order valence-corrected chi connectivity index (χ4v) is 2.41. The monoisotopic (exact) mass is 272 g/mol. The lowest BCUT2D eigenvalue weighted by Gasteiger charge is -2.15. The third kappa shape index (κ3) is 14.1. The van der Waals surface area contributed by atoms with E-state index >= 15 is 0 Å². The van der Waals surface area contributed by atoms with Crippen molar-refractivity contribution in [3.05, 3.63) is 0 Å². The molecule has 0 bridgehead atoms. The van der Waals surface area contributed by atoms with Crippen molar-refractivity contribution >= 4 is 0 Å². The lowest BCUT2D eigenvalue weighted by Crippen LogP contribution is -2.35. The Morgan fingerprint density at radius 1 is 0.842 bits per heavy atom. The highest BCUT2D eigenvalue weighted by molar-refractivity contribution is 4.63. The number of hydrazine groups is 1. The Labute approximate surface area is 120 Å². The van der Waals surface area contributed by atoms with Gasteiger partial charge in [-0.2, -0.15) is 0 Å². The van der Waals surface area contributed by atoms with E-state index < -0.39 is 0 Å². The van der Waals surface area contributed by atoms with Gasteiger partial charge in [-0.15, -0.1) is 0 Å². The number of nitrogens with one attached hydrogen (secondary N) is 1. The summed E-state index contributed by atoms with van der Waals surface area (Å²) in [4.78, 5) is 0. The Morgan fingerprint density at radius 3 is 2.00 bits per heavy atom. The third-order valence-electron chi connectivity index (χ3n) is 3.69. The molecule has 1 atom stereocenters. The van der Waals surface area contributed by atoms with Crippen molar-refractivity contribution in [3.8, 4) is 0 Å². The van der Waals surface area contributed by atoms with Gasteiger partial charge in [0.15, 0.2) is 0 Å². The molecule has 0 aromatic carbocycles. The van der Waals surface area contributed by atoms with Gasteiger partial charge in [-0.25, -0.2) is 0 Å². The van der Waals surface area contributed by atoms with Gasteiger partial charge < -0.3 is 4.74 Å². The zero-order valence-corrected chi connectivity index (χ0v) is 13.3. The molecule has 0 radical (unpaired) electrons. The van der Waals surface area contributed by atoms with Gasteiger partial charge in [0.2, 0.25) is 0 Å². The van der Waals surface area contributed by atoms with E-state index in [-0.39, 0.29) is 0 Å². The zero-order chi connectivity index (χ0) is 14.2. The van der Waals surface area contributed by atoms with Crippen molar-refractivity contribution in [1.29, 1.82) is 0 Å². The maximum Gasteiger partial charge on any atom is 0.0466 e. The largest absolute Gasteiger partial charge is 0.382 e. The number of hydrogen-bond acceptors (Lipinski definition) is 3. The fraction of sp³-hybridized carbons (Fsp3) is 1.00.